The molecule has 5 rings (SSSR count). The van der Waals surface area contributed by atoms with Crippen LogP contribution in [0.3, 0.4) is 0 Å². The quantitative estimate of drug-likeness (QED) is 0.343. The molecule has 0 bridgehead atoms. The Hall–Kier alpha value is -3.66. The summed E-state index contributed by atoms with van der Waals surface area (Å²) in [6, 6.07) is 10.8. The van der Waals surface area contributed by atoms with Crippen molar-refractivity contribution in [1.29, 1.82) is 0 Å². The molecule has 0 atom stereocenters. The summed E-state index contributed by atoms with van der Waals surface area (Å²) < 4.78 is 3.65. The minimum atomic E-state index is -0.386. The third-order valence-corrected chi connectivity index (χ3v) is 5.50. The van der Waals surface area contributed by atoms with Crippen molar-refractivity contribution in [3.05, 3.63) is 64.0 Å². The lowest BCUT2D eigenvalue weighted by Gasteiger charge is -2.00. The molecule has 0 aliphatic heterocycles. The zero-order valence-electron chi connectivity index (χ0n) is 14.9. The Balaban J connectivity index is 1.66. The van der Waals surface area contributed by atoms with Crippen LogP contribution in [-0.4, -0.2) is 34.1 Å². The molecule has 4 heterocycles. The fourth-order valence-corrected chi connectivity index (χ4v) is 4.09. The van der Waals surface area contributed by atoms with E-state index in [0.29, 0.717) is 16.3 Å². The smallest absolute Gasteiger partial charge is 0.272 e. The second-order valence-electron chi connectivity index (χ2n) is 6.36. The number of pyridine rings is 1. The average molecular weight is 391 g/mol. The highest BCUT2D eigenvalue weighted by Gasteiger charge is 2.20. The molecule has 0 unspecified atom stereocenters. The number of hydrogen-bond donors (Lipinski definition) is 0. The molecule has 0 saturated heterocycles. The molecule has 28 heavy (non-hydrogen) atoms. The maximum atomic E-state index is 11.0. The summed E-state index contributed by atoms with van der Waals surface area (Å²) in [5.74, 6) is 0.604. The molecule has 4 aromatic heterocycles. The Bertz CT molecular complexity index is 1380. The number of fused-ring (bicyclic) bond motifs is 2. The van der Waals surface area contributed by atoms with Gasteiger partial charge in [-0.25, -0.2) is 4.98 Å². The fourth-order valence-electron chi connectivity index (χ4n) is 3.26. The molecule has 0 radical (unpaired) electrons. The molecule has 0 aliphatic rings. The van der Waals surface area contributed by atoms with Crippen LogP contribution in [0.5, 0.6) is 0 Å². The van der Waals surface area contributed by atoms with E-state index in [9.17, 15) is 10.1 Å². The minimum Gasteiger partial charge on any atom is -0.297 e. The molecule has 0 aliphatic carbocycles. The zero-order chi connectivity index (χ0) is 19.4. The van der Waals surface area contributed by atoms with Crippen molar-refractivity contribution < 1.29 is 4.92 Å². The van der Waals surface area contributed by atoms with Crippen LogP contribution in [0, 0.1) is 24.0 Å². The van der Waals surface area contributed by atoms with Crippen LogP contribution in [0.4, 0.5) is 5.69 Å². The number of imidazole rings is 1. The van der Waals surface area contributed by atoms with Crippen molar-refractivity contribution in [2.24, 2.45) is 0 Å². The Morgan fingerprint density at radius 1 is 1.14 bits per heavy atom. The third kappa shape index (κ3) is 2.38. The predicted octanol–water partition coefficient (Wildman–Crippen LogP) is 3.69. The first-order valence-electron chi connectivity index (χ1n) is 8.44. The van der Waals surface area contributed by atoms with E-state index in [1.54, 1.807) is 23.6 Å². The maximum absolute atomic E-state index is 11.0. The molecular weight excluding hydrogens is 378 g/mol. The largest absolute Gasteiger partial charge is 0.297 e. The molecule has 0 fully saturated rings. The van der Waals surface area contributed by atoms with Crippen LogP contribution in [0.1, 0.15) is 11.3 Å². The second kappa shape index (κ2) is 5.92. The molecule has 10 heteroatoms. The summed E-state index contributed by atoms with van der Waals surface area (Å²) in [6.07, 6.45) is 1.93. The van der Waals surface area contributed by atoms with E-state index >= 15 is 0 Å². The Kier molecular flexibility index (Phi) is 3.49. The molecule has 138 valence electrons. The normalized spacial score (nSPS) is 11.5. The van der Waals surface area contributed by atoms with Crippen LogP contribution in [0.15, 0.2) is 42.6 Å². The molecule has 1 aromatic carbocycles. The van der Waals surface area contributed by atoms with E-state index in [1.165, 1.54) is 17.4 Å². The molecule has 0 saturated carbocycles. The molecule has 0 N–H and O–H groups in total. The summed E-state index contributed by atoms with van der Waals surface area (Å²) in [4.78, 5) is 15.9. The number of aromatic nitrogens is 6. The first-order chi connectivity index (χ1) is 13.5. The summed E-state index contributed by atoms with van der Waals surface area (Å²) in [6.45, 7) is 3.64. The van der Waals surface area contributed by atoms with Crippen molar-refractivity contribution in [2.75, 3.05) is 0 Å². The van der Waals surface area contributed by atoms with E-state index < -0.39 is 0 Å². The average Bonchev–Trinajstić information content (AvgIpc) is 3.33. The topological polar surface area (TPSA) is 104 Å². The molecule has 5 aromatic rings. The number of benzene rings is 1. The van der Waals surface area contributed by atoms with Gasteiger partial charge in [0.1, 0.15) is 16.3 Å². The fraction of sp³-hybridized carbons (Fsp3) is 0.111. The molecule has 9 nitrogen and oxygen atoms in total. The van der Waals surface area contributed by atoms with E-state index in [-0.39, 0.29) is 10.6 Å². The minimum absolute atomic E-state index is 0.0915. The Labute approximate surface area is 162 Å². The molecule has 0 spiro atoms. The third-order valence-electron chi connectivity index (χ3n) is 4.55. The van der Waals surface area contributed by atoms with Gasteiger partial charge >= 0.3 is 0 Å². The summed E-state index contributed by atoms with van der Waals surface area (Å²) in [5, 5.41) is 25.0. The van der Waals surface area contributed by atoms with Gasteiger partial charge in [0.2, 0.25) is 10.8 Å². The van der Waals surface area contributed by atoms with Crippen LogP contribution in [-0.2, 0) is 0 Å². The van der Waals surface area contributed by atoms with Crippen LogP contribution < -0.4 is 0 Å². The lowest BCUT2D eigenvalue weighted by atomic mass is 10.1. The monoisotopic (exact) mass is 391 g/mol. The molecular formula is C18H13N7O2S. The molecule has 0 amide bonds. The van der Waals surface area contributed by atoms with Gasteiger partial charge in [-0.15, -0.1) is 10.2 Å². The van der Waals surface area contributed by atoms with Gasteiger partial charge in [-0.05, 0) is 38.1 Å². The number of nitrogens with zero attached hydrogens (tertiary/aromatic N) is 7. The van der Waals surface area contributed by atoms with Crippen molar-refractivity contribution in [3.8, 4) is 22.1 Å². The van der Waals surface area contributed by atoms with Gasteiger partial charge in [0, 0.05) is 23.4 Å². The Morgan fingerprint density at radius 3 is 2.79 bits per heavy atom. The highest BCUT2D eigenvalue weighted by molar-refractivity contribution is 7.19. The lowest BCUT2D eigenvalue weighted by Crippen LogP contribution is -1.96. The van der Waals surface area contributed by atoms with Gasteiger partial charge in [-0.3, -0.25) is 14.5 Å². The van der Waals surface area contributed by atoms with E-state index in [1.807, 2.05) is 35.7 Å². The van der Waals surface area contributed by atoms with Crippen molar-refractivity contribution in [3.63, 3.8) is 0 Å². The highest BCUT2D eigenvalue weighted by atomic mass is 32.1. The lowest BCUT2D eigenvalue weighted by molar-refractivity contribution is -0.385. The van der Waals surface area contributed by atoms with Gasteiger partial charge < -0.3 is 0 Å². The number of aryl methyl sites for hydroxylation is 2. The van der Waals surface area contributed by atoms with Gasteiger partial charge in [-0.2, -0.15) is 9.61 Å². The van der Waals surface area contributed by atoms with E-state index in [2.05, 4.69) is 20.3 Å². The predicted molar refractivity (Wildman–Crippen MR) is 104 cm³/mol. The number of nitro groups is 1. The first kappa shape index (κ1) is 16.5. The van der Waals surface area contributed by atoms with Crippen LogP contribution in [0.2, 0.25) is 0 Å². The summed E-state index contributed by atoms with van der Waals surface area (Å²) in [5.41, 5.74) is 3.98. The SMILES string of the molecule is Cc1cc(-c2nn3c(-c4c(C)nc5ccccn45)nnc3s2)ccc1[N+](=O)[O-]. The van der Waals surface area contributed by atoms with E-state index in [4.69, 9.17) is 0 Å². The van der Waals surface area contributed by atoms with E-state index in [0.717, 1.165) is 27.6 Å². The number of nitro benzene ring substituents is 1. The van der Waals surface area contributed by atoms with Crippen LogP contribution >= 0.6 is 11.3 Å². The standard InChI is InChI=1S/C18H13N7O2S/c1-10-9-12(6-7-13(10)25(26)27)17-22-24-16(20-21-18(24)28-17)15-11(2)19-14-5-3-4-8-23(14)15/h3-9H,1-2H3. The van der Waals surface area contributed by atoms with Gasteiger partial charge in [-0.1, -0.05) is 17.4 Å². The van der Waals surface area contributed by atoms with Gasteiger partial charge in [0.15, 0.2) is 0 Å². The zero-order valence-corrected chi connectivity index (χ0v) is 15.7. The van der Waals surface area contributed by atoms with Crippen molar-refractivity contribution >= 4 is 27.6 Å². The Morgan fingerprint density at radius 2 is 2.00 bits per heavy atom. The number of rotatable bonds is 3. The van der Waals surface area contributed by atoms with Crippen molar-refractivity contribution in [2.45, 2.75) is 13.8 Å². The van der Waals surface area contributed by atoms with Crippen LogP contribution in [0.25, 0.3) is 32.7 Å². The van der Waals surface area contributed by atoms with Crippen molar-refractivity contribution in [1.82, 2.24) is 29.2 Å². The maximum Gasteiger partial charge on any atom is 0.272 e. The number of hydrogen-bond acceptors (Lipinski definition) is 7. The van der Waals surface area contributed by atoms with Gasteiger partial charge in [0.25, 0.3) is 5.69 Å². The summed E-state index contributed by atoms with van der Waals surface area (Å²) >= 11 is 1.38. The second-order valence-corrected chi connectivity index (χ2v) is 7.31. The van der Waals surface area contributed by atoms with Gasteiger partial charge in [0.05, 0.1) is 10.6 Å². The highest BCUT2D eigenvalue weighted by Crippen LogP contribution is 2.31. The summed E-state index contributed by atoms with van der Waals surface area (Å²) in [7, 11) is 0. The first-order valence-corrected chi connectivity index (χ1v) is 9.26.